The van der Waals surface area contributed by atoms with Crippen LogP contribution in [0.2, 0.25) is 0 Å². The van der Waals surface area contributed by atoms with Crippen LogP contribution in [0.1, 0.15) is 0 Å². The second-order valence-corrected chi connectivity index (χ2v) is 1.06. The first-order valence-electron chi connectivity index (χ1n) is 1.34. The molecule has 0 heterocycles. The number of halogens is 1. The Morgan fingerprint density at radius 3 is 2.83 bits per heavy atom. The summed E-state index contributed by atoms with van der Waals surface area (Å²) in [5.41, 5.74) is 0. The standard InChI is InChI=1S/C3H3BrO2/c4-6-3-1-2-5/h1H,3H2. The molecule has 0 atom stereocenters. The summed E-state index contributed by atoms with van der Waals surface area (Å²) in [6.45, 7) is 0.281. The van der Waals surface area contributed by atoms with Gasteiger partial charge in [0.15, 0.2) is 0 Å². The van der Waals surface area contributed by atoms with Gasteiger partial charge in [-0.2, -0.15) is 0 Å². The lowest BCUT2D eigenvalue weighted by molar-refractivity contribution is 0.454. The maximum absolute atomic E-state index is 9.28. The SMILES string of the molecule is O=C=CCOBr. The van der Waals surface area contributed by atoms with Crippen LogP contribution >= 0.6 is 16.3 Å². The van der Waals surface area contributed by atoms with Crippen molar-refractivity contribution in [2.75, 3.05) is 6.61 Å². The first-order valence-corrected chi connectivity index (χ1v) is 1.99. The average molecular weight is 151 g/mol. The molecule has 0 saturated carbocycles. The highest BCUT2D eigenvalue weighted by atomic mass is 79.9. The topological polar surface area (TPSA) is 26.3 Å². The third-order valence-corrected chi connectivity index (χ3v) is 0.494. The van der Waals surface area contributed by atoms with Crippen LogP contribution < -0.4 is 0 Å². The summed E-state index contributed by atoms with van der Waals surface area (Å²) in [4.78, 5) is 9.28. The van der Waals surface area contributed by atoms with Crippen molar-refractivity contribution in [1.82, 2.24) is 0 Å². The molecule has 0 aliphatic rings. The first-order chi connectivity index (χ1) is 2.91. The van der Waals surface area contributed by atoms with Gasteiger partial charge in [0, 0.05) is 6.08 Å². The fourth-order valence-electron chi connectivity index (χ4n) is 0.0655. The van der Waals surface area contributed by atoms with Crippen molar-refractivity contribution in [2.45, 2.75) is 0 Å². The minimum absolute atomic E-state index is 0.281. The van der Waals surface area contributed by atoms with Gasteiger partial charge >= 0.3 is 0 Å². The van der Waals surface area contributed by atoms with E-state index in [4.69, 9.17) is 0 Å². The van der Waals surface area contributed by atoms with Crippen molar-refractivity contribution >= 4 is 22.2 Å². The van der Waals surface area contributed by atoms with Gasteiger partial charge in [-0.25, -0.2) is 4.79 Å². The van der Waals surface area contributed by atoms with Crippen LogP contribution in [-0.2, 0) is 8.62 Å². The Balaban J connectivity index is 2.86. The fraction of sp³-hybridized carbons (Fsp3) is 0.333. The van der Waals surface area contributed by atoms with Gasteiger partial charge < -0.3 is 3.83 Å². The Morgan fingerprint density at radius 2 is 2.67 bits per heavy atom. The van der Waals surface area contributed by atoms with Crippen molar-refractivity contribution in [3.05, 3.63) is 6.08 Å². The average Bonchev–Trinajstić information content (AvgIpc) is 1.61. The predicted octanol–water partition coefficient (Wildman–Crippen LogP) is 0.701. The summed E-state index contributed by atoms with van der Waals surface area (Å²) in [5.74, 6) is 1.54. The van der Waals surface area contributed by atoms with Gasteiger partial charge in [0.05, 0.1) is 22.9 Å². The van der Waals surface area contributed by atoms with E-state index in [1.54, 1.807) is 0 Å². The van der Waals surface area contributed by atoms with E-state index < -0.39 is 0 Å². The lowest BCUT2D eigenvalue weighted by atomic mass is 10.7. The minimum Gasteiger partial charge on any atom is -0.303 e. The molecular weight excluding hydrogens is 148 g/mol. The number of carbonyl (C=O) groups excluding carboxylic acids is 1. The van der Waals surface area contributed by atoms with Crippen molar-refractivity contribution in [3.8, 4) is 0 Å². The molecule has 2 nitrogen and oxygen atoms in total. The molecule has 0 aliphatic carbocycles. The molecule has 34 valence electrons. The van der Waals surface area contributed by atoms with E-state index in [1.807, 2.05) is 0 Å². The Bertz CT molecular complexity index is 65.2. The van der Waals surface area contributed by atoms with Crippen molar-refractivity contribution < 1.29 is 8.62 Å². The van der Waals surface area contributed by atoms with Crippen LogP contribution in [0.15, 0.2) is 6.08 Å². The third kappa shape index (κ3) is 3.89. The van der Waals surface area contributed by atoms with E-state index in [9.17, 15) is 4.79 Å². The van der Waals surface area contributed by atoms with Crippen LogP contribution in [0, 0.1) is 0 Å². The van der Waals surface area contributed by atoms with Crippen LogP contribution in [0.25, 0.3) is 0 Å². The third-order valence-electron chi connectivity index (χ3n) is 0.230. The lowest BCUT2D eigenvalue weighted by Gasteiger charge is -1.73. The zero-order valence-electron chi connectivity index (χ0n) is 2.98. The van der Waals surface area contributed by atoms with Gasteiger partial charge in [-0.3, -0.25) is 0 Å². The number of hydrogen-bond donors (Lipinski definition) is 0. The lowest BCUT2D eigenvalue weighted by Crippen LogP contribution is -1.71. The van der Waals surface area contributed by atoms with E-state index in [0.717, 1.165) is 0 Å². The summed E-state index contributed by atoms with van der Waals surface area (Å²) < 4.78 is 4.28. The fourth-order valence-corrected chi connectivity index (χ4v) is 0.198. The van der Waals surface area contributed by atoms with E-state index >= 15 is 0 Å². The highest BCUT2D eigenvalue weighted by molar-refractivity contribution is 9.06. The zero-order chi connectivity index (χ0) is 4.83. The molecule has 3 heteroatoms. The molecule has 0 spiro atoms. The molecule has 6 heavy (non-hydrogen) atoms. The largest absolute Gasteiger partial charge is 0.303 e. The molecule has 0 aromatic rings. The van der Waals surface area contributed by atoms with Crippen LogP contribution in [-0.4, -0.2) is 12.5 Å². The molecule has 0 aromatic carbocycles. The molecule has 0 N–H and O–H groups in total. The van der Waals surface area contributed by atoms with Gasteiger partial charge in [0.2, 0.25) is 0 Å². The van der Waals surface area contributed by atoms with E-state index in [2.05, 4.69) is 20.1 Å². The van der Waals surface area contributed by atoms with Gasteiger partial charge in [-0.1, -0.05) is 0 Å². The molecule has 0 unspecified atom stereocenters. The summed E-state index contributed by atoms with van der Waals surface area (Å²) in [6, 6.07) is 0. The second-order valence-electron chi connectivity index (χ2n) is 0.598. The second kappa shape index (κ2) is 4.89. The van der Waals surface area contributed by atoms with Crippen molar-refractivity contribution in [2.24, 2.45) is 0 Å². The van der Waals surface area contributed by atoms with Crippen molar-refractivity contribution in [3.63, 3.8) is 0 Å². The van der Waals surface area contributed by atoms with E-state index in [1.165, 1.54) is 12.0 Å². The Hall–Kier alpha value is -0.110. The smallest absolute Gasteiger partial charge is 0.122 e. The highest BCUT2D eigenvalue weighted by Gasteiger charge is 1.66. The van der Waals surface area contributed by atoms with Crippen LogP contribution in [0.5, 0.6) is 0 Å². The normalized spacial score (nSPS) is 6.83. The zero-order valence-corrected chi connectivity index (χ0v) is 4.56. The molecule has 0 saturated heterocycles. The first kappa shape index (κ1) is 5.89. The molecule has 0 fully saturated rings. The van der Waals surface area contributed by atoms with E-state index in [0.29, 0.717) is 0 Å². The quantitative estimate of drug-likeness (QED) is 0.543. The van der Waals surface area contributed by atoms with Crippen LogP contribution in [0.4, 0.5) is 0 Å². The molecule has 0 rings (SSSR count). The monoisotopic (exact) mass is 150 g/mol. The summed E-state index contributed by atoms with van der Waals surface area (Å²) in [6.07, 6.45) is 1.23. The maximum Gasteiger partial charge on any atom is 0.122 e. The number of rotatable bonds is 2. The van der Waals surface area contributed by atoms with Gasteiger partial charge in [0.25, 0.3) is 0 Å². The summed E-state index contributed by atoms with van der Waals surface area (Å²) in [5, 5.41) is 0. The Morgan fingerprint density at radius 1 is 2.00 bits per heavy atom. The highest BCUT2D eigenvalue weighted by Crippen LogP contribution is 1.79. The van der Waals surface area contributed by atoms with Gasteiger partial charge in [0.1, 0.15) is 5.94 Å². The van der Waals surface area contributed by atoms with E-state index in [-0.39, 0.29) is 6.61 Å². The molecule has 0 radical (unpaired) electrons. The molecule has 0 bridgehead atoms. The minimum atomic E-state index is 0.281. The van der Waals surface area contributed by atoms with Crippen molar-refractivity contribution in [1.29, 1.82) is 0 Å². The Labute approximate surface area is 44.2 Å². The molecular formula is C3H3BrO2. The molecule has 0 amide bonds. The van der Waals surface area contributed by atoms with Gasteiger partial charge in [-0.15, -0.1) is 0 Å². The van der Waals surface area contributed by atoms with Gasteiger partial charge in [-0.05, 0) is 0 Å². The number of hydrogen-bond acceptors (Lipinski definition) is 2. The predicted molar refractivity (Wildman–Crippen MR) is 25.1 cm³/mol. The van der Waals surface area contributed by atoms with Crippen LogP contribution in [0.3, 0.4) is 0 Å². The Kier molecular flexibility index (Phi) is 4.80. The molecule has 0 aromatic heterocycles. The molecule has 0 aliphatic heterocycles. The summed E-state index contributed by atoms with van der Waals surface area (Å²) >= 11 is 2.64. The maximum atomic E-state index is 9.28. The summed E-state index contributed by atoms with van der Waals surface area (Å²) in [7, 11) is 0.